The molecule has 1 aliphatic carbocycles. The zero-order chi connectivity index (χ0) is 18.1. The van der Waals surface area contributed by atoms with E-state index in [4.69, 9.17) is 13.7 Å². The second kappa shape index (κ2) is 7.23. The van der Waals surface area contributed by atoms with Crippen molar-refractivity contribution in [2.75, 3.05) is 13.2 Å². The van der Waals surface area contributed by atoms with Crippen molar-refractivity contribution in [3.63, 3.8) is 0 Å². The predicted octanol–water partition coefficient (Wildman–Crippen LogP) is 3.17. The first kappa shape index (κ1) is 17.3. The van der Waals surface area contributed by atoms with Crippen LogP contribution in [0.3, 0.4) is 0 Å². The van der Waals surface area contributed by atoms with Gasteiger partial charge in [0, 0.05) is 31.0 Å². The van der Waals surface area contributed by atoms with Gasteiger partial charge in [0.2, 0.25) is 11.8 Å². The molecule has 1 amide bonds. The molecule has 26 heavy (non-hydrogen) atoms. The van der Waals surface area contributed by atoms with Crippen LogP contribution in [-0.4, -0.2) is 29.3 Å². The highest BCUT2D eigenvalue weighted by molar-refractivity contribution is 5.83. The van der Waals surface area contributed by atoms with Gasteiger partial charge in [-0.05, 0) is 37.3 Å². The Balaban J connectivity index is 1.48. The van der Waals surface area contributed by atoms with Crippen LogP contribution in [0, 0.1) is 11.8 Å². The van der Waals surface area contributed by atoms with Crippen LogP contribution in [0.1, 0.15) is 68.5 Å². The van der Waals surface area contributed by atoms with E-state index in [0.29, 0.717) is 24.9 Å². The summed E-state index contributed by atoms with van der Waals surface area (Å²) < 4.78 is 16.4. The molecule has 3 unspecified atom stereocenters. The van der Waals surface area contributed by atoms with Crippen molar-refractivity contribution in [3.8, 4) is 0 Å². The van der Waals surface area contributed by atoms with Crippen LogP contribution in [0.4, 0.5) is 0 Å². The Morgan fingerprint density at radius 1 is 1.31 bits per heavy atom. The van der Waals surface area contributed by atoms with Crippen molar-refractivity contribution in [2.45, 2.75) is 51.0 Å². The fraction of sp³-hybridized carbons (Fsp3) is 0.632. The van der Waals surface area contributed by atoms with Gasteiger partial charge in [-0.15, -0.1) is 0 Å². The average Bonchev–Trinajstić information content (AvgIpc) is 3.07. The molecule has 0 spiro atoms. The maximum absolute atomic E-state index is 12.8. The van der Waals surface area contributed by atoms with Crippen molar-refractivity contribution in [3.05, 3.63) is 35.9 Å². The number of ether oxygens (including phenoxy) is 1. The second-order valence-corrected chi connectivity index (χ2v) is 7.55. The number of hydrogen-bond donors (Lipinski definition) is 1. The highest BCUT2D eigenvalue weighted by Gasteiger charge is 2.47. The number of nitrogens with zero attached hydrogens (tertiary/aromatic N) is 2. The third-order valence-electron chi connectivity index (χ3n) is 5.31. The first-order valence-electron chi connectivity index (χ1n) is 9.38. The zero-order valence-corrected chi connectivity index (χ0v) is 15.2. The van der Waals surface area contributed by atoms with E-state index in [9.17, 15) is 4.79 Å². The molecule has 3 atom stereocenters. The van der Waals surface area contributed by atoms with Crippen LogP contribution in [0.5, 0.6) is 0 Å². The van der Waals surface area contributed by atoms with Gasteiger partial charge < -0.3 is 19.0 Å². The van der Waals surface area contributed by atoms with Gasteiger partial charge >= 0.3 is 0 Å². The second-order valence-electron chi connectivity index (χ2n) is 7.55. The third-order valence-corrected chi connectivity index (χ3v) is 5.31. The fourth-order valence-electron chi connectivity index (χ4n) is 3.60. The maximum atomic E-state index is 12.8. The molecular formula is C19H25N3O4. The molecule has 7 nitrogen and oxygen atoms in total. The summed E-state index contributed by atoms with van der Waals surface area (Å²) in [5, 5.41) is 7.25. The molecule has 2 fully saturated rings. The molecule has 0 aromatic carbocycles. The summed E-state index contributed by atoms with van der Waals surface area (Å²) in [4.78, 5) is 17.3. The lowest BCUT2D eigenvalue weighted by Gasteiger charge is -2.28. The smallest absolute Gasteiger partial charge is 0.249 e. The summed E-state index contributed by atoms with van der Waals surface area (Å²) in [6.45, 7) is 5.44. The van der Waals surface area contributed by atoms with E-state index in [-0.39, 0.29) is 35.6 Å². The number of hydrogen-bond acceptors (Lipinski definition) is 6. The number of carbonyl (C=O) groups is 1. The quantitative estimate of drug-likeness (QED) is 0.852. The van der Waals surface area contributed by atoms with Gasteiger partial charge in [0.1, 0.15) is 11.8 Å². The lowest BCUT2D eigenvalue weighted by Crippen LogP contribution is -2.37. The standard InChI is InChI=1S/C19H25N3O4/c1-11(2)17-21-19(26-22-17)16(12-5-8-24-9-6-12)20-18(23)14-10-13(14)15-4-3-7-25-15/h3-4,7,11-14,16H,5-6,8-10H2,1-2H3,(H,20,23). The molecule has 1 saturated carbocycles. The van der Waals surface area contributed by atoms with E-state index in [1.807, 2.05) is 26.0 Å². The minimum Gasteiger partial charge on any atom is -0.469 e. The Labute approximate surface area is 152 Å². The molecule has 2 aromatic rings. The van der Waals surface area contributed by atoms with Crippen LogP contribution < -0.4 is 5.32 Å². The Kier molecular flexibility index (Phi) is 4.80. The molecule has 4 rings (SSSR count). The highest BCUT2D eigenvalue weighted by atomic mass is 16.5. The van der Waals surface area contributed by atoms with Gasteiger partial charge in [-0.3, -0.25) is 4.79 Å². The molecule has 3 heterocycles. The van der Waals surface area contributed by atoms with Gasteiger partial charge in [0.15, 0.2) is 5.82 Å². The minimum absolute atomic E-state index is 0.0344. The summed E-state index contributed by atoms with van der Waals surface area (Å²) in [6.07, 6.45) is 4.22. The number of aromatic nitrogens is 2. The molecule has 1 aliphatic heterocycles. The Morgan fingerprint density at radius 3 is 2.77 bits per heavy atom. The van der Waals surface area contributed by atoms with Gasteiger partial charge in [-0.25, -0.2) is 0 Å². The van der Waals surface area contributed by atoms with Crippen molar-refractivity contribution >= 4 is 5.91 Å². The number of furan rings is 1. The van der Waals surface area contributed by atoms with Crippen LogP contribution in [0.25, 0.3) is 0 Å². The molecule has 1 saturated heterocycles. The van der Waals surface area contributed by atoms with E-state index >= 15 is 0 Å². The minimum atomic E-state index is -0.260. The molecule has 1 N–H and O–H groups in total. The molecule has 140 valence electrons. The Hall–Kier alpha value is -2.15. The highest BCUT2D eigenvalue weighted by Crippen LogP contribution is 2.48. The molecular weight excluding hydrogens is 334 g/mol. The zero-order valence-electron chi connectivity index (χ0n) is 15.2. The number of nitrogens with one attached hydrogen (secondary N) is 1. The van der Waals surface area contributed by atoms with Crippen LogP contribution in [0.2, 0.25) is 0 Å². The first-order valence-corrected chi connectivity index (χ1v) is 9.38. The summed E-state index contributed by atoms with van der Waals surface area (Å²) in [6, 6.07) is 3.53. The van der Waals surface area contributed by atoms with Crippen molar-refractivity contribution < 1.29 is 18.5 Å². The van der Waals surface area contributed by atoms with Crippen molar-refractivity contribution in [2.24, 2.45) is 11.8 Å². The predicted molar refractivity (Wildman–Crippen MR) is 92.4 cm³/mol. The molecule has 2 aliphatic rings. The molecule has 2 aromatic heterocycles. The Bertz CT molecular complexity index is 734. The van der Waals surface area contributed by atoms with Gasteiger partial charge in [-0.2, -0.15) is 4.98 Å². The van der Waals surface area contributed by atoms with Gasteiger partial charge in [-0.1, -0.05) is 19.0 Å². The van der Waals surface area contributed by atoms with Crippen molar-refractivity contribution in [1.29, 1.82) is 0 Å². The number of amides is 1. The maximum Gasteiger partial charge on any atom is 0.249 e. The summed E-state index contributed by atoms with van der Waals surface area (Å²) >= 11 is 0. The lowest BCUT2D eigenvalue weighted by molar-refractivity contribution is -0.124. The fourth-order valence-corrected chi connectivity index (χ4v) is 3.60. The molecule has 0 bridgehead atoms. The van der Waals surface area contributed by atoms with E-state index in [1.165, 1.54) is 0 Å². The van der Waals surface area contributed by atoms with Crippen LogP contribution in [-0.2, 0) is 9.53 Å². The van der Waals surface area contributed by atoms with Crippen LogP contribution in [0.15, 0.2) is 27.3 Å². The molecule has 0 radical (unpaired) electrons. The first-order chi connectivity index (χ1) is 12.6. The SMILES string of the molecule is CC(C)c1noc(C(NC(=O)C2CC2c2ccco2)C2CCOCC2)n1. The summed E-state index contributed by atoms with van der Waals surface area (Å²) in [5.41, 5.74) is 0. The molecule has 7 heteroatoms. The van der Waals surface area contributed by atoms with Gasteiger partial charge in [0.25, 0.3) is 0 Å². The van der Waals surface area contributed by atoms with E-state index in [0.717, 1.165) is 25.0 Å². The average molecular weight is 359 g/mol. The largest absolute Gasteiger partial charge is 0.469 e. The van der Waals surface area contributed by atoms with Crippen LogP contribution >= 0.6 is 0 Å². The van der Waals surface area contributed by atoms with E-state index in [2.05, 4.69) is 15.5 Å². The van der Waals surface area contributed by atoms with E-state index in [1.54, 1.807) is 6.26 Å². The lowest BCUT2D eigenvalue weighted by atomic mass is 9.91. The Morgan fingerprint density at radius 2 is 2.12 bits per heavy atom. The monoisotopic (exact) mass is 359 g/mol. The van der Waals surface area contributed by atoms with Gasteiger partial charge in [0.05, 0.1) is 6.26 Å². The number of carbonyl (C=O) groups excluding carboxylic acids is 1. The summed E-state index contributed by atoms with van der Waals surface area (Å²) in [7, 11) is 0. The van der Waals surface area contributed by atoms with Crippen molar-refractivity contribution in [1.82, 2.24) is 15.5 Å². The van der Waals surface area contributed by atoms with E-state index < -0.39 is 0 Å². The number of rotatable bonds is 6. The normalized spacial score (nSPS) is 24.6. The summed E-state index contributed by atoms with van der Waals surface area (Å²) in [5.74, 6) is 2.65. The third kappa shape index (κ3) is 3.53. The topological polar surface area (TPSA) is 90.4 Å².